The van der Waals surface area contributed by atoms with E-state index in [1.807, 2.05) is 0 Å². The summed E-state index contributed by atoms with van der Waals surface area (Å²) < 4.78 is 72.0. The Balaban J connectivity index is 1.56. The second-order valence-corrected chi connectivity index (χ2v) is 21.7. The van der Waals surface area contributed by atoms with Crippen LogP contribution in [0.25, 0.3) is 11.0 Å². The Labute approximate surface area is 327 Å². The molecule has 7 N–H and O–H groups in total. The van der Waals surface area contributed by atoms with E-state index in [1.54, 1.807) is 38.6 Å². The van der Waals surface area contributed by atoms with Gasteiger partial charge in [0, 0.05) is 35.1 Å². The van der Waals surface area contributed by atoms with Gasteiger partial charge in [0.2, 0.25) is 0 Å². The second-order valence-electron chi connectivity index (χ2n) is 11.8. The molecule has 0 saturated carbocycles. The van der Waals surface area contributed by atoms with Crippen LogP contribution in [0.2, 0.25) is 0 Å². The Bertz CT molecular complexity index is 1760. The van der Waals surface area contributed by atoms with E-state index in [9.17, 15) is 23.4 Å². The van der Waals surface area contributed by atoms with Crippen molar-refractivity contribution in [2.45, 2.75) is 62.7 Å². The van der Waals surface area contributed by atoms with Crippen molar-refractivity contribution in [1.82, 2.24) is 19.9 Å². The topological polar surface area (TPSA) is 283 Å². The highest BCUT2D eigenvalue weighted by atomic mass is 33.1. The van der Waals surface area contributed by atoms with Crippen LogP contribution in [0.15, 0.2) is 12.5 Å². The number of nitrogens with one attached hydrogen (secondary N) is 1. The lowest BCUT2D eigenvalue weighted by molar-refractivity contribution is -0.0519. The van der Waals surface area contributed by atoms with Gasteiger partial charge in [-0.3, -0.25) is 9.42 Å². The van der Waals surface area contributed by atoms with Gasteiger partial charge in [-0.2, -0.15) is 0 Å². The minimum Gasteiger partial charge on any atom is -0.450 e. The second kappa shape index (κ2) is 22.6. The van der Waals surface area contributed by atoms with Gasteiger partial charge in [-0.25, -0.2) is 23.9 Å². The molecular formula is C27H43N5O15P3S4+. The highest BCUT2D eigenvalue weighted by Gasteiger charge is 2.45. The molecule has 4 unspecified atom stereocenters. The highest BCUT2D eigenvalue weighted by Crippen LogP contribution is 2.58. The normalized spacial score (nSPS) is 19.5. The fraction of sp³-hybridized carbons (Fsp3) is 0.667. The van der Waals surface area contributed by atoms with Crippen LogP contribution >= 0.6 is 45.5 Å². The van der Waals surface area contributed by atoms with Crippen molar-refractivity contribution in [2.24, 2.45) is 0 Å². The first-order valence-electron chi connectivity index (χ1n) is 15.9. The summed E-state index contributed by atoms with van der Waals surface area (Å²) in [5.41, 5.74) is 6.94. The Morgan fingerprint density at radius 2 is 2.00 bits per heavy atom. The van der Waals surface area contributed by atoms with Gasteiger partial charge in [0.25, 0.3) is 0 Å². The van der Waals surface area contributed by atoms with Crippen LogP contribution in [0, 0.1) is 11.8 Å². The number of rotatable bonds is 23. The third kappa shape index (κ3) is 17.0. The summed E-state index contributed by atoms with van der Waals surface area (Å²) in [7, 11) is -11.5. The standard InChI is InChI=1S/C27H42N5O15P3S4/c1-27(2,8-10-33)53-52-17-41-11-4-5-12-42-26(34)29-9-6-7-19-14-32(25-23(19)24(28)30-16-31-25)22-13-20(43-18-54(3)51)21(45-22)15-44-50(39,40)47-48(35)46-49(36,37)38/h14,16,20-22,33H,4-5,8-13,15,17-18H2,1-3H3,(H5-,28,29,30,31,34,36,37,38,39,40)/p+1/t20-,21+,22?,54?/m0/s1. The maximum absolute atomic E-state index is 12.3. The van der Waals surface area contributed by atoms with Crippen LogP contribution in [-0.4, -0.2) is 108 Å². The predicted octanol–water partition coefficient (Wildman–Crippen LogP) is 3.63. The number of carbonyl (C=O) groups is 1. The highest BCUT2D eigenvalue weighted by molar-refractivity contribution is 8.77. The van der Waals surface area contributed by atoms with Crippen molar-refractivity contribution in [3.05, 3.63) is 18.1 Å². The van der Waals surface area contributed by atoms with Crippen LogP contribution in [0.3, 0.4) is 0 Å². The number of aliphatic hydroxyl groups excluding tert-OH is 1. The quantitative estimate of drug-likeness (QED) is 0.0305. The minimum absolute atomic E-state index is 0.0348. The van der Waals surface area contributed by atoms with Crippen molar-refractivity contribution in [3.63, 3.8) is 0 Å². The van der Waals surface area contributed by atoms with Crippen LogP contribution in [0.1, 0.15) is 51.3 Å². The number of nitrogens with two attached hydrogens (primary N) is 1. The van der Waals surface area contributed by atoms with Gasteiger partial charge in [-0.1, -0.05) is 42.9 Å². The summed E-state index contributed by atoms with van der Waals surface area (Å²) in [6.07, 6.45) is 3.65. The molecule has 6 atom stereocenters. The molecule has 1 saturated heterocycles. The van der Waals surface area contributed by atoms with Gasteiger partial charge < -0.3 is 49.5 Å². The molecule has 0 spiro atoms. The minimum atomic E-state index is -5.28. The van der Waals surface area contributed by atoms with E-state index >= 15 is 0 Å². The third-order valence-electron chi connectivity index (χ3n) is 6.91. The molecule has 54 heavy (non-hydrogen) atoms. The lowest BCUT2D eigenvalue weighted by Gasteiger charge is -2.21. The van der Waals surface area contributed by atoms with Crippen molar-refractivity contribution in [1.29, 1.82) is 0 Å². The summed E-state index contributed by atoms with van der Waals surface area (Å²) in [4.78, 5) is 48.0. The molecule has 1 fully saturated rings. The van der Waals surface area contributed by atoms with Gasteiger partial charge in [0.15, 0.2) is 0 Å². The predicted molar refractivity (Wildman–Crippen MR) is 206 cm³/mol. The lowest BCUT2D eigenvalue weighted by atomic mass is 10.1. The molecule has 0 aromatic carbocycles. The van der Waals surface area contributed by atoms with Gasteiger partial charge in [0.05, 0.1) is 42.8 Å². The summed E-state index contributed by atoms with van der Waals surface area (Å²) in [5.74, 6) is 6.58. The fourth-order valence-corrected chi connectivity index (χ4v) is 9.64. The molecule has 2 aromatic heterocycles. The molecule has 27 heteroatoms. The maximum atomic E-state index is 12.3. The van der Waals surface area contributed by atoms with E-state index in [4.69, 9.17) is 55.3 Å². The summed E-state index contributed by atoms with van der Waals surface area (Å²) in [5, 5.41) is 12.1. The first kappa shape index (κ1) is 47.1. The van der Waals surface area contributed by atoms with Crippen LogP contribution in [0.4, 0.5) is 10.6 Å². The molecule has 1 amide bonds. The number of fused-ring (bicyclic) bond motifs is 1. The van der Waals surface area contributed by atoms with Crippen molar-refractivity contribution in [2.75, 3.05) is 56.8 Å². The SMILES string of the molecule is CS(=S)CO[C@H]1CC(n2cc(C#CCNC(=O)OCCCCOCSSC(C)(C)CCO)c3c(N)ncnc32)O[C@@H]1COP(=O)(O)O[P+](=O)OP(=O)(O)O. The Kier molecular flexibility index (Phi) is 19.7. The molecule has 1 aliphatic heterocycles. The van der Waals surface area contributed by atoms with Gasteiger partial charge in [-0.05, 0) is 59.2 Å². The molecule has 1 aliphatic rings. The average Bonchev–Trinajstić information content (AvgIpc) is 3.64. The molecule has 0 bridgehead atoms. The summed E-state index contributed by atoms with van der Waals surface area (Å²) in [6, 6.07) is 0. The van der Waals surface area contributed by atoms with Gasteiger partial charge in [0.1, 0.15) is 36.1 Å². The number of nitrogens with zero attached hydrogens (tertiary/aromatic N) is 3. The molecule has 0 aliphatic carbocycles. The van der Waals surface area contributed by atoms with Crippen LogP contribution in [-0.2, 0) is 66.4 Å². The largest absolute Gasteiger partial charge is 0.719 e. The zero-order valence-corrected chi connectivity index (χ0v) is 35.3. The van der Waals surface area contributed by atoms with E-state index < -0.39 is 64.5 Å². The first-order valence-corrected chi connectivity index (χ1v) is 25.0. The number of phosphoric ester groups is 1. The van der Waals surface area contributed by atoms with E-state index in [-0.39, 0.29) is 42.7 Å². The first-order chi connectivity index (χ1) is 25.4. The van der Waals surface area contributed by atoms with Crippen molar-refractivity contribution >= 4 is 89.1 Å². The number of aromatic nitrogens is 3. The smallest absolute Gasteiger partial charge is 0.450 e. The van der Waals surface area contributed by atoms with E-state index in [0.717, 1.165) is 0 Å². The Morgan fingerprint density at radius 3 is 2.70 bits per heavy atom. The molecule has 304 valence electrons. The zero-order valence-electron chi connectivity index (χ0n) is 29.3. The number of carbonyl (C=O) groups excluding carboxylic acids is 1. The molecule has 20 nitrogen and oxygen atoms in total. The number of amides is 1. The van der Waals surface area contributed by atoms with Gasteiger partial charge in [-0.15, -0.1) is 0 Å². The number of nitrogen functional groups attached to an aromatic ring is 1. The Morgan fingerprint density at radius 1 is 1.26 bits per heavy atom. The number of hydrogen-bond acceptors (Lipinski definition) is 18. The number of unbranched alkanes of at least 4 members (excludes halogenated alkanes) is 1. The number of hydrogen-bond donors (Lipinski definition) is 6. The van der Waals surface area contributed by atoms with Crippen molar-refractivity contribution < 1.29 is 70.4 Å². The van der Waals surface area contributed by atoms with E-state index in [2.05, 4.69) is 49.6 Å². The number of anilines is 1. The molecular weight excluding hydrogens is 856 g/mol. The Hall–Kier alpha value is -1.32. The summed E-state index contributed by atoms with van der Waals surface area (Å²) >= 11 is 5.22. The number of aliphatic hydroxyl groups is 1. The van der Waals surface area contributed by atoms with E-state index in [1.165, 1.54) is 6.33 Å². The molecule has 0 radical (unpaired) electrons. The number of phosphoric acid groups is 2. The number of alkyl carbamates (subject to hydrolysis) is 1. The van der Waals surface area contributed by atoms with E-state index in [0.29, 0.717) is 48.4 Å². The molecule has 3 heterocycles. The zero-order chi connectivity index (χ0) is 39.9. The van der Waals surface area contributed by atoms with Crippen LogP contribution in [0.5, 0.6) is 0 Å². The van der Waals surface area contributed by atoms with Gasteiger partial charge >= 0.3 is 30.0 Å². The maximum Gasteiger partial charge on any atom is 0.719 e. The molecule has 2 aromatic rings. The monoisotopic (exact) mass is 898 g/mol. The molecule has 3 rings (SSSR count). The average molecular weight is 899 g/mol. The fourth-order valence-electron chi connectivity index (χ4n) is 4.54. The third-order valence-corrected chi connectivity index (χ3v) is 13.9. The number of ether oxygens (including phenoxy) is 4. The van der Waals surface area contributed by atoms with Crippen molar-refractivity contribution in [3.8, 4) is 11.8 Å². The van der Waals surface area contributed by atoms with Crippen LogP contribution < -0.4 is 11.1 Å². The summed E-state index contributed by atoms with van der Waals surface area (Å²) in [6.45, 7) is 4.31. The lowest BCUT2D eigenvalue weighted by Crippen LogP contribution is -2.29.